The van der Waals surface area contributed by atoms with Crippen molar-refractivity contribution in [3.05, 3.63) is 30.2 Å². The number of aryl methyl sites for hydroxylation is 1. The van der Waals surface area contributed by atoms with E-state index in [4.69, 9.17) is 0 Å². The molecule has 0 aromatic carbocycles. The van der Waals surface area contributed by atoms with Crippen LogP contribution in [-0.2, 0) is 6.54 Å². The number of rotatable bonds is 5. The van der Waals surface area contributed by atoms with E-state index in [1.54, 1.807) is 4.68 Å². The zero-order chi connectivity index (χ0) is 13.0. The quantitative estimate of drug-likeness (QED) is 0.859. The minimum absolute atomic E-state index is 0.184. The third-order valence-corrected chi connectivity index (χ3v) is 2.64. The Kier molecular flexibility index (Phi) is 3.71. The van der Waals surface area contributed by atoms with Crippen LogP contribution < -0.4 is 5.32 Å². The molecule has 1 amide bonds. The van der Waals surface area contributed by atoms with Crippen LogP contribution in [-0.4, -0.2) is 25.8 Å². The van der Waals surface area contributed by atoms with Crippen LogP contribution in [0.2, 0.25) is 0 Å². The Balaban J connectivity index is 2.13. The molecular weight excluding hydrogens is 234 g/mol. The summed E-state index contributed by atoms with van der Waals surface area (Å²) in [6.45, 7) is 4.67. The first kappa shape index (κ1) is 12.3. The van der Waals surface area contributed by atoms with Crippen LogP contribution in [0.5, 0.6) is 0 Å². The molecule has 0 aliphatic heterocycles. The maximum Gasteiger partial charge on any atom is 0.274 e. The van der Waals surface area contributed by atoms with Crippen LogP contribution in [0, 0.1) is 0 Å². The monoisotopic (exact) mass is 249 g/mol. The molecule has 0 aliphatic rings. The summed E-state index contributed by atoms with van der Waals surface area (Å²) in [6.07, 6.45) is 3.58. The van der Waals surface area contributed by atoms with E-state index in [0.29, 0.717) is 6.54 Å². The highest BCUT2D eigenvalue weighted by molar-refractivity contribution is 5.92. The summed E-state index contributed by atoms with van der Waals surface area (Å²) in [6, 6.07) is 1.34. The Morgan fingerprint density at radius 2 is 2.39 bits per heavy atom. The van der Waals surface area contributed by atoms with Crippen molar-refractivity contribution in [3.63, 3.8) is 0 Å². The summed E-state index contributed by atoms with van der Waals surface area (Å²) >= 11 is 0. The Morgan fingerprint density at radius 1 is 1.56 bits per heavy atom. The number of hydrogen-bond donors (Lipinski definition) is 1. The van der Waals surface area contributed by atoms with Crippen molar-refractivity contribution in [2.24, 2.45) is 0 Å². The lowest BCUT2D eigenvalue weighted by Crippen LogP contribution is -2.30. The molecule has 0 saturated carbocycles. The summed E-state index contributed by atoms with van der Waals surface area (Å²) < 4.78 is 6.40. The van der Waals surface area contributed by atoms with E-state index >= 15 is 0 Å². The van der Waals surface area contributed by atoms with Crippen molar-refractivity contribution >= 4 is 5.91 Å². The van der Waals surface area contributed by atoms with E-state index in [2.05, 4.69) is 25.1 Å². The second kappa shape index (κ2) is 5.44. The van der Waals surface area contributed by atoms with Gasteiger partial charge in [-0.05, 0) is 13.3 Å². The Hall–Kier alpha value is -2.18. The lowest BCUT2D eigenvalue weighted by atomic mass is 10.2. The number of carbonyl (C=O) groups is 1. The first-order valence-electron chi connectivity index (χ1n) is 5.85. The summed E-state index contributed by atoms with van der Waals surface area (Å²) in [5.74, 6) is 0.470. The molecule has 0 unspecified atom stereocenters. The van der Waals surface area contributed by atoms with Gasteiger partial charge < -0.3 is 9.84 Å². The summed E-state index contributed by atoms with van der Waals surface area (Å²) in [5.41, 5.74) is 0.260. The van der Waals surface area contributed by atoms with Crippen LogP contribution in [0.25, 0.3) is 0 Å². The minimum atomic E-state index is -0.277. The van der Waals surface area contributed by atoms with Crippen LogP contribution in [0.1, 0.15) is 42.6 Å². The van der Waals surface area contributed by atoms with Gasteiger partial charge in [0.25, 0.3) is 5.91 Å². The molecule has 0 saturated heterocycles. The minimum Gasteiger partial charge on any atom is -0.364 e. The number of aromatic nitrogens is 4. The van der Waals surface area contributed by atoms with Gasteiger partial charge in [0, 0.05) is 12.6 Å². The van der Waals surface area contributed by atoms with Crippen LogP contribution in [0.3, 0.4) is 0 Å². The van der Waals surface area contributed by atoms with E-state index in [-0.39, 0.29) is 17.6 Å². The second-order valence-electron chi connectivity index (χ2n) is 3.75. The lowest BCUT2D eigenvalue weighted by molar-refractivity contribution is 0.0923. The highest BCUT2D eigenvalue weighted by atomic mass is 16.5. The standard InChI is InChI=1S/C11H15N5O2/c1-3-8(10-12-7-13-16(10)4-2)14-11(17)9-5-6-18-15-9/h5-8H,3-4H2,1-2H3,(H,14,17)/t8-/m1/s1. The number of nitrogens with zero attached hydrogens (tertiary/aromatic N) is 4. The number of carbonyl (C=O) groups excluding carboxylic acids is 1. The topological polar surface area (TPSA) is 85.8 Å². The summed E-state index contributed by atoms with van der Waals surface area (Å²) in [7, 11) is 0. The van der Waals surface area contributed by atoms with E-state index in [0.717, 1.165) is 12.2 Å². The molecule has 0 bridgehead atoms. The summed E-state index contributed by atoms with van der Waals surface area (Å²) in [5, 5.41) is 10.6. The third-order valence-electron chi connectivity index (χ3n) is 2.64. The molecule has 18 heavy (non-hydrogen) atoms. The number of amides is 1. The maximum atomic E-state index is 11.9. The van der Waals surface area contributed by atoms with Gasteiger partial charge in [-0.2, -0.15) is 5.10 Å². The second-order valence-corrected chi connectivity index (χ2v) is 3.75. The zero-order valence-electron chi connectivity index (χ0n) is 10.3. The molecule has 0 aliphatic carbocycles. The van der Waals surface area contributed by atoms with Crippen molar-refractivity contribution in [2.45, 2.75) is 32.9 Å². The van der Waals surface area contributed by atoms with Gasteiger partial charge in [0.15, 0.2) is 5.69 Å². The van der Waals surface area contributed by atoms with Gasteiger partial charge in [0.1, 0.15) is 18.4 Å². The van der Waals surface area contributed by atoms with Crippen molar-refractivity contribution in [3.8, 4) is 0 Å². The van der Waals surface area contributed by atoms with Gasteiger partial charge in [-0.15, -0.1) is 0 Å². The molecular formula is C11H15N5O2. The normalized spacial score (nSPS) is 12.3. The number of hydrogen-bond acceptors (Lipinski definition) is 5. The molecule has 2 aromatic rings. The van der Waals surface area contributed by atoms with Crippen molar-refractivity contribution < 1.29 is 9.32 Å². The molecule has 0 fully saturated rings. The van der Waals surface area contributed by atoms with Gasteiger partial charge in [-0.25, -0.2) is 9.67 Å². The Morgan fingerprint density at radius 3 is 3.00 bits per heavy atom. The average molecular weight is 249 g/mol. The highest BCUT2D eigenvalue weighted by Crippen LogP contribution is 2.14. The van der Waals surface area contributed by atoms with Gasteiger partial charge in [-0.1, -0.05) is 12.1 Å². The molecule has 2 rings (SSSR count). The predicted octanol–water partition coefficient (Wildman–Crippen LogP) is 1.17. The fourth-order valence-corrected chi connectivity index (χ4v) is 1.70. The molecule has 2 aromatic heterocycles. The fourth-order valence-electron chi connectivity index (χ4n) is 1.70. The molecule has 2 heterocycles. The van der Waals surface area contributed by atoms with E-state index in [1.165, 1.54) is 18.7 Å². The van der Waals surface area contributed by atoms with Crippen LogP contribution in [0.4, 0.5) is 0 Å². The fraction of sp³-hybridized carbons (Fsp3) is 0.455. The highest BCUT2D eigenvalue weighted by Gasteiger charge is 2.19. The largest absolute Gasteiger partial charge is 0.364 e. The molecule has 7 heteroatoms. The van der Waals surface area contributed by atoms with Crippen LogP contribution >= 0.6 is 0 Å². The Labute approximate surface area is 104 Å². The molecule has 0 spiro atoms. The first-order chi connectivity index (χ1) is 8.76. The molecule has 1 atom stereocenters. The zero-order valence-corrected chi connectivity index (χ0v) is 10.3. The maximum absolute atomic E-state index is 11.9. The van der Waals surface area contributed by atoms with Crippen molar-refractivity contribution in [1.29, 1.82) is 0 Å². The first-order valence-corrected chi connectivity index (χ1v) is 5.85. The van der Waals surface area contributed by atoms with Gasteiger partial charge in [0.05, 0.1) is 6.04 Å². The van der Waals surface area contributed by atoms with Crippen molar-refractivity contribution in [1.82, 2.24) is 25.2 Å². The summed E-state index contributed by atoms with van der Waals surface area (Å²) in [4.78, 5) is 16.1. The van der Waals surface area contributed by atoms with Crippen molar-refractivity contribution in [2.75, 3.05) is 0 Å². The lowest BCUT2D eigenvalue weighted by Gasteiger charge is -2.15. The molecule has 96 valence electrons. The molecule has 0 radical (unpaired) electrons. The third kappa shape index (κ3) is 2.39. The van der Waals surface area contributed by atoms with E-state index in [1.807, 2.05) is 13.8 Å². The average Bonchev–Trinajstić information content (AvgIpc) is 3.05. The molecule has 7 nitrogen and oxygen atoms in total. The van der Waals surface area contributed by atoms with E-state index in [9.17, 15) is 4.79 Å². The number of nitrogens with one attached hydrogen (secondary N) is 1. The predicted molar refractivity (Wildman–Crippen MR) is 62.7 cm³/mol. The van der Waals surface area contributed by atoms with Gasteiger partial charge in [0.2, 0.25) is 0 Å². The smallest absolute Gasteiger partial charge is 0.274 e. The van der Waals surface area contributed by atoms with Gasteiger partial charge in [-0.3, -0.25) is 4.79 Å². The van der Waals surface area contributed by atoms with Gasteiger partial charge >= 0.3 is 0 Å². The SMILES string of the molecule is CC[C@@H](NC(=O)c1ccon1)c1ncnn1CC. The van der Waals surface area contributed by atoms with E-state index < -0.39 is 0 Å². The van der Waals surface area contributed by atoms with Crippen LogP contribution in [0.15, 0.2) is 23.2 Å². The molecule has 1 N–H and O–H groups in total. The Bertz CT molecular complexity index is 505.